The van der Waals surface area contributed by atoms with Crippen molar-refractivity contribution in [1.82, 2.24) is 5.32 Å². The maximum atomic E-state index is 13.3. The minimum atomic E-state index is -0.310. The fourth-order valence-corrected chi connectivity index (χ4v) is 1.92. The van der Waals surface area contributed by atoms with E-state index in [2.05, 4.69) is 5.32 Å². The van der Waals surface area contributed by atoms with Crippen LogP contribution in [0.4, 0.5) is 4.39 Å². The van der Waals surface area contributed by atoms with Crippen molar-refractivity contribution in [3.05, 3.63) is 35.6 Å². The third-order valence-electron chi connectivity index (χ3n) is 2.87. The molecule has 4 heteroatoms. The van der Waals surface area contributed by atoms with E-state index in [4.69, 9.17) is 4.74 Å². The number of ether oxygens (including phenoxy) is 1. The smallest absolute Gasteiger partial charge is 0.249 e. The van der Waals surface area contributed by atoms with Crippen LogP contribution < -0.4 is 5.32 Å². The molecule has 0 aromatic heterocycles. The van der Waals surface area contributed by atoms with E-state index in [9.17, 15) is 9.18 Å². The summed E-state index contributed by atoms with van der Waals surface area (Å²) in [5.41, 5.74) is 0.625. The number of benzene rings is 1. The van der Waals surface area contributed by atoms with Gasteiger partial charge in [0.05, 0.1) is 0 Å². The summed E-state index contributed by atoms with van der Waals surface area (Å²) >= 11 is 0. The van der Waals surface area contributed by atoms with Crippen molar-refractivity contribution < 1.29 is 13.9 Å². The van der Waals surface area contributed by atoms with Gasteiger partial charge in [0.1, 0.15) is 11.9 Å². The first-order valence-corrected chi connectivity index (χ1v) is 5.90. The zero-order chi connectivity index (χ0) is 12.1. The predicted molar refractivity (Wildman–Crippen MR) is 62.1 cm³/mol. The molecule has 1 heterocycles. The van der Waals surface area contributed by atoms with Crippen LogP contribution in [-0.4, -0.2) is 25.2 Å². The Morgan fingerprint density at radius 2 is 2.29 bits per heavy atom. The van der Waals surface area contributed by atoms with Gasteiger partial charge in [0.25, 0.3) is 0 Å². The fourth-order valence-electron chi connectivity index (χ4n) is 1.92. The van der Waals surface area contributed by atoms with Crippen molar-refractivity contribution in [1.29, 1.82) is 0 Å². The first kappa shape index (κ1) is 12.0. The second-order valence-electron chi connectivity index (χ2n) is 4.13. The van der Waals surface area contributed by atoms with Crippen molar-refractivity contribution in [2.75, 3.05) is 13.2 Å². The highest BCUT2D eigenvalue weighted by Crippen LogP contribution is 2.12. The van der Waals surface area contributed by atoms with Crippen LogP contribution in [0.5, 0.6) is 0 Å². The van der Waals surface area contributed by atoms with E-state index in [1.165, 1.54) is 6.07 Å². The average molecular weight is 237 g/mol. The van der Waals surface area contributed by atoms with Crippen LogP contribution in [0.1, 0.15) is 18.4 Å². The Kier molecular flexibility index (Phi) is 4.09. The van der Waals surface area contributed by atoms with Gasteiger partial charge in [-0.25, -0.2) is 4.39 Å². The third-order valence-corrected chi connectivity index (χ3v) is 2.87. The number of hydrogen-bond donors (Lipinski definition) is 1. The monoisotopic (exact) mass is 237 g/mol. The van der Waals surface area contributed by atoms with E-state index in [1.54, 1.807) is 18.2 Å². The molecule has 92 valence electrons. The SMILES string of the molecule is O=C(NCCc1ccccc1F)[C@H]1CCCO1. The van der Waals surface area contributed by atoms with Crippen molar-refractivity contribution in [3.63, 3.8) is 0 Å². The molecular formula is C13H16FNO2. The Labute approximate surface area is 100.0 Å². The summed E-state index contributed by atoms with van der Waals surface area (Å²) < 4.78 is 18.5. The van der Waals surface area contributed by atoms with Crippen LogP contribution in [0.2, 0.25) is 0 Å². The molecule has 0 aliphatic carbocycles. The van der Waals surface area contributed by atoms with Crippen LogP contribution >= 0.6 is 0 Å². The summed E-state index contributed by atoms with van der Waals surface area (Å²) in [6.07, 6.45) is 1.91. The van der Waals surface area contributed by atoms with Gasteiger partial charge >= 0.3 is 0 Å². The summed E-state index contributed by atoms with van der Waals surface area (Å²) in [7, 11) is 0. The maximum absolute atomic E-state index is 13.3. The Balaban J connectivity index is 1.76. The summed E-state index contributed by atoms with van der Waals surface area (Å²) in [5, 5.41) is 2.77. The first-order valence-electron chi connectivity index (χ1n) is 5.90. The van der Waals surface area contributed by atoms with Gasteiger partial charge in [-0.1, -0.05) is 18.2 Å². The highest BCUT2D eigenvalue weighted by atomic mass is 19.1. The standard InChI is InChI=1S/C13H16FNO2/c14-11-5-2-1-4-10(11)7-8-15-13(16)12-6-3-9-17-12/h1-2,4-5,12H,3,6-9H2,(H,15,16)/t12-/m1/s1. The second-order valence-corrected chi connectivity index (χ2v) is 4.13. The number of halogens is 1. The topological polar surface area (TPSA) is 38.3 Å². The zero-order valence-corrected chi connectivity index (χ0v) is 9.62. The van der Waals surface area contributed by atoms with Crippen LogP contribution in [0.25, 0.3) is 0 Å². The predicted octanol–water partition coefficient (Wildman–Crippen LogP) is 1.66. The van der Waals surface area contributed by atoms with Gasteiger partial charge in [-0.3, -0.25) is 4.79 Å². The molecular weight excluding hydrogens is 221 g/mol. The Morgan fingerprint density at radius 1 is 1.47 bits per heavy atom. The van der Waals surface area contributed by atoms with Crippen LogP contribution in [0.3, 0.4) is 0 Å². The largest absolute Gasteiger partial charge is 0.368 e. The normalized spacial score (nSPS) is 19.2. The highest BCUT2D eigenvalue weighted by molar-refractivity contribution is 5.80. The highest BCUT2D eigenvalue weighted by Gasteiger charge is 2.22. The van der Waals surface area contributed by atoms with Crippen molar-refractivity contribution in [2.24, 2.45) is 0 Å². The van der Waals surface area contributed by atoms with Crippen molar-refractivity contribution in [2.45, 2.75) is 25.4 Å². The van der Waals surface area contributed by atoms with Gasteiger partial charge in [0.2, 0.25) is 5.91 Å². The lowest BCUT2D eigenvalue weighted by Crippen LogP contribution is -2.35. The van der Waals surface area contributed by atoms with Crippen molar-refractivity contribution >= 4 is 5.91 Å². The van der Waals surface area contributed by atoms with Crippen LogP contribution in [0.15, 0.2) is 24.3 Å². The van der Waals surface area contributed by atoms with Gasteiger partial charge in [-0.2, -0.15) is 0 Å². The molecule has 1 N–H and O–H groups in total. The molecule has 1 atom stereocenters. The molecule has 0 spiro atoms. The molecule has 0 unspecified atom stereocenters. The molecule has 0 saturated carbocycles. The second kappa shape index (κ2) is 5.77. The number of nitrogens with one attached hydrogen (secondary N) is 1. The minimum Gasteiger partial charge on any atom is -0.368 e. The number of amides is 1. The number of rotatable bonds is 4. The first-order chi connectivity index (χ1) is 8.27. The van der Waals surface area contributed by atoms with E-state index in [-0.39, 0.29) is 17.8 Å². The molecule has 1 amide bonds. The van der Waals surface area contributed by atoms with Crippen LogP contribution in [0, 0.1) is 5.82 Å². The Hall–Kier alpha value is -1.42. The van der Waals surface area contributed by atoms with Gasteiger partial charge in [-0.05, 0) is 30.9 Å². The maximum Gasteiger partial charge on any atom is 0.249 e. The molecule has 1 fully saturated rings. The van der Waals surface area contributed by atoms with Gasteiger partial charge in [-0.15, -0.1) is 0 Å². The van der Waals surface area contributed by atoms with Crippen molar-refractivity contribution in [3.8, 4) is 0 Å². The molecule has 1 aromatic carbocycles. The summed E-state index contributed by atoms with van der Waals surface area (Å²) in [6.45, 7) is 1.10. The third kappa shape index (κ3) is 3.27. The van der Waals surface area contributed by atoms with E-state index >= 15 is 0 Å². The fraction of sp³-hybridized carbons (Fsp3) is 0.462. The van der Waals surface area contributed by atoms with Gasteiger partial charge < -0.3 is 10.1 Å². The minimum absolute atomic E-state index is 0.0844. The lowest BCUT2D eigenvalue weighted by atomic mass is 10.1. The summed E-state index contributed by atoms with van der Waals surface area (Å²) in [6, 6.07) is 6.61. The molecule has 17 heavy (non-hydrogen) atoms. The molecule has 3 nitrogen and oxygen atoms in total. The number of hydrogen-bond acceptors (Lipinski definition) is 2. The molecule has 1 aliphatic heterocycles. The lowest BCUT2D eigenvalue weighted by Gasteiger charge is -2.10. The van der Waals surface area contributed by atoms with Gasteiger partial charge in [0.15, 0.2) is 0 Å². The Bertz CT molecular complexity index is 389. The van der Waals surface area contributed by atoms with E-state index in [0.29, 0.717) is 25.1 Å². The molecule has 0 bridgehead atoms. The molecule has 1 saturated heterocycles. The summed E-state index contributed by atoms with van der Waals surface area (Å²) in [5.74, 6) is -0.308. The lowest BCUT2D eigenvalue weighted by molar-refractivity contribution is -0.129. The van der Waals surface area contributed by atoms with E-state index in [0.717, 1.165) is 12.8 Å². The summed E-state index contributed by atoms with van der Waals surface area (Å²) in [4.78, 5) is 11.6. The molecule has 1 aromatic rings. The van der Waals surface area contributed by atoms with Gasteiger partial charge in [0, 0.05) is 13.2 Å². The molecule has 0 radical (unpaired) electrons. The quantitative estimate of drug-likeness (QED) is 0.865. The Morgan fingerprint density at radius 3 is 3.00 bits per heavy atom. The van der Waals surface area contributed by atoms with E-state index in [1.807, 2.05) is 0 Å². The average Bonchev–Trinajstić information content (AvgIpc) is 2.85. The van der Waals surface area contributed by atoms with E-state index < -0.39 is 0 Å². The molecule has 2 rings (SSSR count). The number of carbonyl (C=O) groups excluding carboxylic acids is 1. The van der Waals surface area contributed by atoms with Crippen LogP contribution in [-0.2, 0) is 16.0 Å². The zero-order valence-electron chi connectivity index (χ0n) is 9.62. The number of carbonyl (C=O) groups is 1. The molecule has 1 aliphatic rings.